The third-order valence-electron chi connectivity index (χ3n) is 10.3. The molecule has 4 heteroatoms. The predicted octanol–water partition coefficient (Wildman–Crippen LogP) is 7.61. The van der Waals surface area contributed by atoms with Crippen LogP contribution in [0.4, 0.5) is 0 Å². The van der Waals surface area contributed by atoms with Crippen LogP contribution in [0.5, 0.6) is 0 Å². The van der Waals surface area contributed by atoms with Crippen LogP contribution in [-0.4, -0.2) is 21.0 Å². The minimum atomic E-state index is -0.377. The van der Waals surface area contributed by atoms with Gasteiger partial charge in [0.2, 0.25) is 0 Å². The van der Waals surface area contributed by atoms with Gasteiger partial charge in [-0.1, -0.05) is 60.8 Å². The Morgan fingerprint density at radius 3 is 2.50 bits per heavy atom. The van der Waals surface area contributed by atoms with E-state index in [1.165, 1.54) is 64.2 Å². The highest BCUT2D eigenvalue weighted by Gasteiger charge is 2.59. The molecule has 4 nitrogen and oxygen atoms in total. The maximum Gasteiger partial charge on any atom is 0.162 e. The Morgan fingerprint density at radius 1 is 1.12 bits per heavy atom. The summed E-state index contributed by atoms with van der Waals surface area (Å²) in [6, 6.07) is 3.83. The summed E-state index contributed by atoms with van der Waals surface area (Å²) in [6.45, 7) is 14.3. The summed E-state index contributed by atoms with van der Waals surface area (Å²) in [5.74, 6) is 3.75. The van der Waals surface area contributed by atoms with Gasteiger partial charge in [0.1, 0.15) is 6.07 Å². The lowest BCUT2D eigenvalue weighted by Gasteiger charge is -2.58. The first-order valence-electron chi connectivity index (χ1n) is 14.5. The van der Waals surface area contributed by atoms with E-state index in [0.717, 1.165) is 30.1 Å². The monoisotopic (exact) mass is 469 g/mol. The first-order chi connectivity index (χ1) is 16.4. The van der Waals surface area contributed by atoms with Crippen LogP contribution >= 0.6 is 0 Å². The highest BCUT2D eigenvalue weighted by Crippen LogP contribution is 2.66. The molecule has 1 aromatic rings. The number of unbranched alkanes of at least 4 members (excludes halogenated alkanes) is 1. The van der Waals surface area contributed by atoms with E-state index in [0.29, 0.717) is 23.6 Å². The first-order valence-corrected chi connectivity index (χ1v) is 14.5. The highest BCUT2D eigenvalue weighted by atomic mass is 16.3. The van der Waals surface area contributed by atoms with Crippen LogP contribution in [0, 0.1) is 51.8 Å². The van der Waals surface area contributed by atoms with Crippen molar-refractivity contribution < 1.29 is 5.11 Å². The highest BCUT2D eigenvalue weighted by molar-refractivity contribution is 5.16. The van der Waals surface area contributed by atoms with Crippen molar-refractivity contribution in [3.8, 4) is 6.07 Å². The summed E-state index contributed by atoms with van der Waals surface area (Å²) >= 11 is 0. The third kappa shape index (κ3) is 5.11. The lowest BCUT2D eigenvalue weighted by molar-refractivity contribution is -0.100. The van der Waals surface area contributed by atoms with E-state index >= 15 is 0 Å². The third-order valence-corrected chi connectivity index (χ3v) is 10.3. The van der Waals surface area contributed by atoms with Crippen LogP contribution in [0.2, 0.25) is 0 Å². The molecule has 8 unspecified atom stereocenters. The second kappa shape index (κ2) is 11.6. The number of aliphatic hydroxyl groups excluding tert-OH is 1. The number of rotatable bonds is 8. The van der Waals surface area contributed by atoms with Crippen molar-refractivity contribution in [2.45, 2.75) is 125 Å². The van der Waals surface area contributed by atoms with Gasteiger partial charge < -0.3 is 5.11 Å². The van der Waals surface area contributed by atoms with E-state index in [9.17, 15) is 5.11 Å². The van der Waals surface area contributed by atoms with Crippen LogP contribution in [-0.2, 0) is 6.54 Å². The average Bonchev–Trinajstić information content (AvgIpc) is 3.44. The Labute approximate surface area is 209 Å². The van der Waals surface area contributed by atoms with Crippen molar-refractivity contribution in [3.63, 3.8) is 0 Å². The van der Waals surface area contributed by atoms with Crippen molar-refractivity contribution in [1.82, 2.24) is 9.78 Å². The quantitative estimate of drug-likeness (QED) is 0.426. The molecular formula is C30H51N3O. The molecule has 0 radical (unpaired) electrons. The van der Waals surface area contributed by atoms with E-state index in [1.54, 1.807) is 10.7 Å². The van der Waals surface area contributed by atoms with Gasteiger partial charge in [0, 0.05) is 6.20 Å². The van der Waals surface area contributed by atoms with Crippen LogP contribution in [0.25, 0.3) is 0 Å². The smallest absolute Gasteiger partial charge is 0.162 e. The number of fused-ring (bicyclic) bond motifs is 3. The van der Waals surface area contributed by atoms with E-state index in [-0.39, 0.29) is 11.5 Å². The summed E-state index contributed by atoms with van der Waals surface area (Å²) in [6.07, 6.45) is 16.1. The molecule has 1 N–H and O–H groups in total. The predicted molar refractivity (Wildman–Crippen MR) is 140 cm³/mol. The van der Waals surface area contributed by atoms with Crippen LogP contribution in [0.3, 0.4) is 0 Å². The first kappa shape index (κ1) is 27.3. The molecule has 3 fully saturated rings. The van der Waals surface area contributed by atoms with Crippen LogP contribution in [0.1, 0.15) is 118 Å². The fourth-order valence-electron chi connectivity index (χ4n) is 8.71. The number of aliphatic hydroxyl groups is 1. The van der Waals surface area contributed by atoms with Crippen molar-refractivity contribution in [2.75, 3.05) is 0 Å². The molecule has 0 spiro atoms. The van der Waals surface area contributed by atoms with Crippen LogP contribution in [0.15, 0.2) is 12.3 Å². The van der Waals surface area contributed by atoms with E-state index < -0.39 is 0 Å². The molecule has 192 valence electrons. The zero-order chi connectivity index (χ0) is 24.9. The standard InChI is InChI=1S/C28H45N3O.C2H6/c1-5-7-14-27(3)15-11-22-21(23(27)8-6-2)12-16-28(4)24(22)9-10-25(28)26(32)19-31-17-13-20(18-29)30-31;1-2/h13,17,21-26,32H,5-12,14-16,19H2,1-4H3;1-2H3. The van der Waals surface area contributed by atoms with Crippen molar-refractivity contribution in [2.24, 2.45) is 40.4 Å². The van der Waals surface area contributed by atoms with Crippen molar-refractivity contribution in [3.05, 3.63) is 18.0 Å². The molecule has 3 aliphatic rings. The molecule has 0 bridgehead atoms. The number of nitrogens with zero attached hydrogens (tertiary/aromatic N) is 3. The molecule has 0 saturated heterocycles. The minimum Gasteiger partial charge on any atom is -0.391 e. The number of hydrogen-bond donors (Lipinski definition) is 1. The van der Waals surface area contributed by atoms with E-state index in [4.69, 9.17) is 5.26 Å². The minimum absolute atomic E-state index is 0.250. The summed E-state index contributed by atoms with van der Waals surface area (Å²) in [7, 11) is 0. The van der Waals surface area contributed by atoms with Gasteiger partial charge in [-0.3, -0.25) is 4.68 Å². The number of nitriles is 1. The Kier molecular flexibility index (Phi) is 9.29. The molecule has 1 heterocycles. The van der Waals surface area contributed by atoms with Gasteiger partial charge >= 0.3 is 0 Å². The Balaban J connectivity index is 0.00000158. The largest absolute Gasteiger partial charge is 0.391 e. The molecule has 3 saturated carbocycles. The topological polar surface area (TPSA) is 61.8 Å². The summed E-state index contributed by atoms with van der Waals surface area (Å²) < 4.78 is 1.77. The summed E-state index contributed by atoms with van der Waals surface area (Å²) in [5, 5.41) is 24.6. The second-order valence-corrected chi connectivity index (χ2v) is 12.0. The zero-order valence-electron chi connectivity index (χ0n) is 22.9. The Morgan fingerprint density at radius 2 is 1.85 bits per heavy atom. The molecular weight excluding hydrogens is 418 g/mol. The van der Waals surface area contributed by atoms with Gasteiger partial charge in [-0.25, -0.2) is 0 Å². The van der Waals surface area contributed by atoms with Gasteiger partial charge in [0.15, 0.2) is 5.69 Å². The maximum absolute atomic E-state index is 11.3. The molecule has 8 atom stereocenters. The molecule has 0 aliphatic heterocycles. The normalized spacial score (nSPS) is 37.6. The maximum atomic E-state index is 11.3. The van der Waals surface area contributed by atoms with Crippen molar-refractivity contribution in [1.29, 1.82) is 5.26 Å². The lowest BCUT2D eigenvalue weighted by atomic mass is 9.47. The average molecular weight is 470 g/mol. The SMILES string of the molecule is CC.CCCCC1(C)CCC2C(CCC3(C)C(C(O)Cn4ccc(C#N)n4)CCC23)C1CCC. The summed E-state index contributed by atoms with van der Waals surface area (Å²) in [4.78, 5) is 0. The number of aromatic nitrogens is 2. The Hall–Kier alpha value is -1.34. The fraction of sp³-hybridized carbons (Fsp3) is 0.867. The molecule has 4 rings (SSSR count). The van der Waals surface area contributed by atoms with Crippen molar-refractivity contribution >= 4 is 0 Å². The molecule has 1 aromatic heterocycles. The van der Waals surface area contributed by atoms with E-state index in [1.807, 2.05) is 20.0 Å². The fourth-order valence-corrected chi connectivity index (χ4v) is 8.71. The van der Waals surface area contributed by atoms with E-state index in [2.05, 4.69) is 38.9 Å². The molecule has 0 aromatic carbocycles. The Bertz CT molecular complexity index is 812. The molecule has 3 aliphatic carbocycles. The van der Waals surface area contributed by atoms with Crippen LogP contribution < -0.4 is 0 Å². The van der Waals surface area contributed by atoms with Gasteiger partial charge in [-0.15, -0.1) is 0 Å². The lowest BCUT2D eigenvalue weighted by Crippen LogP contribution is -2.51. The summed E-state index contributed by atoms with van der Waals surface area (Å²) in [5.41, 5.74) is 1.22. The number of hydrogen-bond acceptors (Lipinski definition) is 3. The molecule has 34 heavy (non-hydrogen) atoms. The molecule has 0 amide bonds. The van der Waals surface area contributed by atoms with Gasteiger partial charge in [-0.2, -0.15) is 10.4 Å². The second-order valence-electron chi connectivity index (χ2n) is 12.0. The van der Waals surface area contributed by atoms with Gasteiger partial charge in [-0.05, 0) is 97.9 Å². The van der Waals surface area contributed by atoms with Gasteiger partial charge in [0.05, 0.1) is 12.6 Å². The van der Waals surface area contributed by atoms with Gasteiger partial charge in [0.25, 0.3) is 0 Å². The zero-order valence-corrected chi connectivity index (χ0v) is 22.9.